The van der Waals surface area contributed by atoms with Crippen molar-refractivity contribution in [3.8, 4) is 44.5 Å². The molecule has 4 aromatic heterocycles. The molecule has 0 saturated carbocycles. The van der Waals surface area contributed by atoms with E-state index in [4.69, 9.17) is 9.97 Å². The fourth-order valence-electron chi connectivity index (χ4n) is 4.89. The molecular weight excluding hydrogens is 464 g/mol. The van der Waals surface area contributed by atoms with Crippen LogP contribution in [-0.2, 0) is 0 Å². The summed E-state index contributed by atoms with van der Waals surface area (Å²) in [6.45, 7) is 0. The minimum Gasteiger partial charge on any atom is -0.264 e. The maximum atomic E-state index is 4.84. The van der Waals surface area contributed by atoms with Crippen LogP contribution in [0.3, 0.4) is 0 Å². The van der Waals surface area contributed by atoms with Crippen molar-refractivity contribution in [1.82, 2.24) is 19.9 Å². The molecule has 0 aliphatic heterocycles. The van der Waals surface area contributed by atoms with Crippen LogP contribution in [0.1, 0.15) is 0 Å². The first-order valence-electron chi connectivity index (χ1n) is 12.5. The van der Waals surface area contributed by atoms with Gasteiger partial charge in [0.1, 0.15) is 0 Å². The quantitative estimate of drug-likeness (QED) is 0.235. The Kier molecular flexibility index (Phi) is 5.41. The molecule has 0 fully saturated rings. The summed E-state index contributed by atoms with van der Waals surface area (Å²) in [5.41, 5.74) is 10.8. The van der Waals surface area contributed by atoms with E-state index in [2.05, 4.69) is 94.9 Å². The van der Waals surface area contributed by atoms with Crippen LogP contribution in [-0.4, -0.2) is 19.9 Å². The largest absolute Gasteiger partial charge is 0.264 e. The van der Waals surface area contributed by atoms with Crippen molar-refractivity contribution in [2.45, 2.75) is 0 Å². The average molecular weight is 487 g/mol. The fourth-order valence-corrected chi connectivity index (χ4v) is 4.89. The highest BCUT2D eigenvalue weighted by atomic mass is 14.7. The van der Waals surface area contributed by atoms with Crippen LogP contribution in [0.2, 0.25) is 0 Å². The Morgan fingerprint density at radius 3 is 1.11 bits per heavy atom. The van der Waals surface area contributed by atoms with E-state index in [9.17, 15) is 0 Å². The number of hydrogen-bond acceptors (Lipinski definition) is 4. The van der Waals surface area contributed by atoms with Crippen LogP contribution < -0.4 is 0 Å². The van der Waals surface area contributed by atoms with Crippen LogP contribution in [0.15, 0.2) is 134 Å². The lowest BCUT2D eigenvalue weighted by Crippen LogP contribution is -1.89. The van der Waals surface area contributed by atoms with Crippen molar-refractivity contribution in [3.05, 3.63) is 134 Å². The van der Waals surface area contributed by atoms with Crippen molar-refractivity contribution in [2.24, 2.45) is 0 Å². The maximum Gasteiger partial charge on any atom is 0.0965 e. The number of hydrogen-bond donors (Lipinski definition) is 0. The van der Waals surface area contributed by atoms with Gasteiger partial charge in [0.15, 0.2) is 0 Å². The molecule has 0 aliphatic carbocycles. The van der Waals surface area contributed by atoms with Crippen molar-refractivity contribution in [2.75, 3.05) is 0 Å². The fraction of sp³-hybridized carbons (Fsp3) is 0. The molecule has 7 aromatic rings. The zero-order valence-electron chi connectivity index (χ0n) is 20.5. The second kappa shape index (κ2) is 9.34. The standard InChI is InChI=1S/C34H22N4/c1-3-29(19-35-15-1)23-5-9-25(10-6-23)31-17-27-13-14-28-18-32(22-38-34(28)33(27)37-21-31)26-11-7-24(8-12-26)30-4-2-16-36-20-30/h1-22H. The number of benzene rings is 3. The molecule has 0 aliphatic rings. The molecule has 0 radical (unpaired) electrons. The van der Waals surface area contributed by atoms with Crippen LogP contribution >= 0.6 is 0 Å². The molecule has 0 N–H and O–H groups in total. The molecule has 0 atom stereocenters. The number of aromatic nitrogens is 4. The lowest BCUT2D eigenvalue weighted by molar-refractivity contribution is 1.33. The molecular formula is C34H22N4. The lowest BCUT2D eigenvalue weighted by atomic mass is 9.99. The van der Waals surface area contributed by atoms with Gasteiger partial charge in [-0.2, -0.15) is 0 Å². The van der Waals surface area contributed by atoms with E-state index in [0.29, 0.717) is 0 Å². The Labute approximate surface area is 220 Å². The number of nitrogens with zero attached hydrogens (tertiary/aromatic N) is 4. The van der Waals surface area contributed by atoms with E-state index in [1.54, 1.807) is 12.4 Å². The zero-order chi connectivity index (χ0) is 25.3. The maximum absolute atomic E-state index is 4.84. The van der Waals surface area contributed by atoms with E-state index in [0.717, 1.165) is 66.3 Å². The molecule has 38 heavy (non-hydrogen) atoms. The predicted molar refractivity (Wildman–Crippen MR) is 154 cm³/mol. The highest BCUT2D eigenvalue weighted by Crippen LogP contribution is 2.31. The molecule has 7 rings (SSSR count). The van der Waals surface area contributed by atoms with Gasteiger partial charge in [-0.05, 0) is 57.6 Å². The summed E-state index contributed by atoms with van der Waals surface area (Å²) in [5, 5.41) is 2.15. The molecule has 4 nitrogen and oxygen atoms in total. The molecule has 4 heteroatoms. The number of rotatable bonds is 4. The van der Waals surface area contributed by atoms with Crippen LogP contribution in [0.4, 0.5) is 0 Å². The minimum atomic E-state index is 0.914. The van der Waals surface area contributed by atoms with E-state index in [1.165, 1.54) is 0 Å². The van der Waals surface area contributed by atoms with E-state index < -0.39 is 0 Å². The van der Waals surface area contributed by atoms with Crippen LogP contribution in [0.5, 0.6) is 0 Å². The minimum absolute atomic E-state index is 0.914. The Morgan fingerprint density at radius 1 is 0.342 bits per heavy atom. The van der Waals surface area contributed by atoms with Gasteiger partial charge in [-0.1, -0.05) is 72.8 Å². The van der Waals surface area contributed by atoms with Gasteiger partial charge in [0.05, 0.1) is 11.0 Å². The Hall–Kier alpha value is -5.22. The highest BCUT2D eigenvalue weighted by Gasteiger charge is 2.09. The van der Waals surface area contributed by atoms with E-state index in [1.807, 2.05) is 36.9 Å². The first-order chi connectivity index (χ1) is 18.8. The van der Waals surface area contributed by atoms with Crippen LogP contribution in [0.25, 0.3) is 66.3 Å². The van der Waals surface area contributed by atoms with Crippen molar-refractivity contribution >= 4 is 21.8 Å². The Morgan fingerprint density at radius 2 is 0.737 bits per heavy atom. The highest BCUT2D eigenvalue weighted by molar-refractivity contribution is 6.04. The summed E-state index contributed by atoms with van der Waals surface area (Å²) in [4.78, 5) is 18.1. The summed E-state index contributed by atoms with van der Waals surface area (Å²) >= 11 is 0. The second-order valence-electron chi connectivity index (χ2n) is 9.30. The molecule has 0 spiro atoms. The molecule has 178 valence electrons. The van der Waals surface area contributed by atoms with E-state index in [-0.39, 0.29) is 0 Å². The Balaban J connectivity index is 1.19. The molecule has 3 aromatic carbocycles. The van der Waals surface area contributed by atoms with Gasteiger partial charge in [-0.3, -0.25) is 19.9 Å². The summed E-state index contributed by atoms with van der Waals surface area (Å²) < 4.78 is 0. The third kappa shape index (κ3) is 4.08. The monoisotopic (exact) mass is 486 g/mol. The lowest BCUT2D eigenvalue weighted by Gasteiger charge is -2.09. The first kappa shape index (κ1) is 22.0. The van der Waals surface area contributed by atoms with E-state index >= 15 is 0 Å². The zero-order valence-corrected chi connectivity index (χ0v) is 20.5. The summed E-state index contributed by atoms with van der Waals surface area (Å²) in [6.07, 6.45) is 11.2. The topological polar surface area (TPSA) is 51.6 Å². The van der Waals surface area contributed by atoms with Gasteiger partial charge < -0.3 is 0 Å². The third-order valence-electron chi connectivity index (χ3n) is 6.93. The van der Waals surface area contributed by atoms with Gasteiger partial charge in [-0.25, -0.2) is 0 Å². The first-order valence-corrected chi connectivity index (χ1v) is 12.5. The van der Waals surface area contributed by atoms with Crippen molar-refractivity contribution in [3.63, 3.8) is 0 Å². The average Bonchev–Trinajstić information content (AvgIpc) is 3.01. The smallest absolute Gasteiger partial charge is 0.0965 e. The Bertz CT molecular complexity index is 1740. The second-order valence-corrected chi connectivity index (χ2v) is 9.30. The van der Waals surface area contributed by atoms with Gasteiger partial charge in [0, 0.05) is 59.1 Å². The normalized spacial score (nSPS) is 11.2. The predicted octanol–water partition coefficient (Wildman–Crippen LogP) is 8.24. The summed E-state index contributed by atoms with van der Waals surface area (Å²) in [7, 11) is 0. The molecule has 0 unspecified atom stereocenters. The third-order valence-corrected chi connectivity index (χ3v) is 6.93. The molecule has 0 bridgehead atoms. The van der Waals surface area contributed by atoms with Gasteiger partial charge >= 0.3 is 0 Å². The number of fused-ring (bicyclic) bond motifs is 3. The molecule has 4 heterocycles. The summed E-state index contributed by atoms with van der Waals surface area (Å²) in [5.74, 6) is 0. The number of pyridine rings is 4. The van der Waals surface area contributed by atoms with Gasteiger partial charge in [-0.15, -0.1) is 0 Å². The van der Waals surface area contributed by atoms with Crippen molar-refractivity contribution in [1.29, 1.82) is 0 Å². The molecule has 0 amide bonds. The van der Waals surface area contributed by atoms with Gasteiger partial charge in [0.2, 0.25) is 0 Å². The van der Waals surface area contributed by atoms with Gasteiger partial charge in [0.25, 0.3) is 0 Å². The summed E-state index contributed by atoms with van der Waals surface area (Å²) in [6, 6.07) is 33.7. The van der Waals surface area contributed by atoms with Crippen molar-refractivity contribution < 1.29 is 0 Å². The van der Waals surface area contributed by atoms with Crippen LogP contribution in [0, 0.1) is 0 Å². The SMILES string of the molecule is c1cncc(-c2ccc(-c3cnc4c(ccc5cc(-c6ccc(-c7cccnc7)cc6)cnc54)c3)cc2)c1. The molecule has 0 saturated heterocycles.